The van der Waals surface area contributed by atoms with Crippen molar-refractivity contribution in [2.75, 3.05) is 7.05 Å². The molecule has 6 atom stereocenters. The zero-order valence-corrected chi connectivity index (χ0v) is 16.9. The van der Waals surface area contributed by atoms with Crippen molar-refractivity contribution in [3.8, 4) is 5.75 Å². The van der Waals surface area contributed by atoms with Crippen molar-refractivity contribution in [1.29, 1.82) is 0 Å². The summed E-state index contributed by atoms with van der Waals surface area (Å²) in [7, 11) is 1.54. The molecule has 2 aliphatic heterocycles. The van der Waals surface area contributed by atoms with Crippen LogP contribution in [0, 0.1) is 37.5 Å². The van der Waals surface area contributed by atoms with Crippen molar-refractivity contribution in [3.05, 3.63) is 28.8 Å². The molecule has 0 unspecified atom stereocenters. The molecular formula is C22H29NO5. The maximum Gasteiger partial charge on any atom is 0.233 e. The molecule has 4 rings (SSSR count). The third kappa shape index (κ3) is 2.61. The van der Waals surface area contributed by atoms with E-state index in [4.69, 9.17) is 4.74 Å². The minimum Gasteiger partial charge on any atom is -0.507 e. The molecule has 1 aliphatic carbocycles. The number of carbonyl (C=O) groups excluding carboxylic acids is 2. The highest BCUT2D eigenvalue weighted by Crippen LogP contribution is 2.59. The summed E-state index contributed by atoms with van der Waals surface area (Å²) in [6.45, 7) is 5.73. The van der Waals surface area contributed by atoms with E-state index in [0.29, 0.717) is 12.8 Å². The molecule has 2 amide bonds. The van der Waals surface area contributed by atoms with E-state index in [1.54, 1.807) is 0 Å². The zero-order chi connectivity index (χ0) is 20.4. The van der Waals surface area contributed by atoms with Crippen LogP contribution in [0.4, 0.5) is 0 Å². The van der Waals surface area contributed by atoms with E-state index < -0.39 is 17.6 Å². The van der Waals surface area contributed by atoms with Gasteiger partial charge in [-0.05, 0) is 61.9 Å². The number of phenolic OH excluding ortho intramolecular Hbond substituents is 1. The first-order valence-corrected chi connectivity index (χ1v) is 10.2. The number of amides is 2. The molecule has 0 aromatic heterocycles. The smallest absolute Gasteiger partial charge is 0.233 e. The lowest BCUT2D eigenvalue weighted by atomic mass is 9.63. The predicted molar refractivity (Wildman–Crippen MR) is 102 cm³/mol. The van der Waals surface area contributed by atoms with Gasteiger partial charge in [0.2, 0.25) is 11.8 Å². The van der Waals surface area contributed by atoms with E-state index in [9.17, 15) is 19.8 Å². The van der Waals surface area contributed by atoms with Gasteiger partial charge >= 0.3 is 0 Å². The van der Waals surface area contributed by atoms with Gasteiger partial charge in [-0.3, -0.25) is 14.5 Å². The summed E-state index contributed by atoms with van der Waals surface area (Å²) in [6, 6.07) is 3.77. The number of hydrogen-bond acceptors (Lipinski definition) is 5. The fourth-order valence-electron chi connectivity index (χ4n) is 5.70. The van der Waals surface area contributed by atoms with Gasteiger partial charge in [-0.2, -0.15) is 0 Å². The molecule has 2 N–H and O–H groups in total. The molecule has 0 bridgehead atoms. The third-order valence-corrected chi connectivity index (χ3v) is 7.11. The molecule has 6 heteroatoms. The van der Waals surface area contributed by atoms with Crippen LogP contribution in [0.3, 0.4) is 0 Å². The second-order valence-electron chi connectivity index (χ2n) is 8.79. The van der Waals surface area contributed by atoms with E-state index in [1.165, 1.54) is 11.9 Å². The van der Waals surface area contributed by atoms with Crippen LogP contribution in [0.1, 0.15) is 55.4 Å². The minimum atomic E-state index is -1.40. The number of carbonyl (C=O) groups is 2. The number of phenols is 1. The zero-order valence-electron chi connectivity index (χ0n) is 16.9. The average Bonchev–Trinajstić information content (AvgIpc) is 3.11. The SMILES string of the molecule is CCC[C@H]1C[C@@H]2C(=O)N(C)C(=O)[C@@H]2[C@@H]2C[C@@H](c3cc(C)c(O)c(C)c3)O[C@]12O. The lowest BCUT2D eigenvalue weighted by Crippen LogP contribution is -2.53. The van der Waals surface area contributed by atoms with E-state index in [-0.39, 0.29) is 35.5 Å². The Morgan fingerprint density at radius 1 is 1.18 bits per heavy atom. The van der Waals surface area contributed by atoms with Crippen LogP contribution in [-0.4, -0.2) is 39.8 Å². The molecule has 152 valence electrons. The van der Waals surface area contributed by atoms with Gasteiger partial charge in [0.25, 0.3) is 0 Å². The van der Waals surface area contributed by atoms with Gasteiger partial charge in [0.05, 0.1) is 17.9 Å². The summed E-state index contributed by atoms with van der Waals surface area (Å²) in [5, 5.41) is 21.7. The molecule has 2 saturated heterocycles. The molecule has 3 fully saturated rings. The second-order valence-corrected chi connectivity index (χ2v) is 8.79. The average molecular weight is 387 g/mol. The highest BCUT2D eigenvalue weighted by Gasteiger charge is 2.65. The Kier molecular flexibility index (Phi) is 4.55. The van der Waals surface area contributed by atoms with Crippen molar-refractivity contribution in [2.24, 2.45) is 23.7 Å². The Balaban J connectivity index is 1.73. The normalized spacial score (nSPS) is 37.3. The van der Waals surface area contributed by atoms with Crippen LogP contribution in [0.2, 0.25) is 0 Å². The van der Waals surface area contributed by atoms with Crippen LogP contribution in [0.25, 0.3) is 0 Å². The van der Waals surface area contributed by atoms with Crippen LogP contribution in [0.15, 0.2) is 12.1 Å². The first-order chi connectivity index (χ1) is 13.2. The second kappa shape index (κ2) is 6.56. The van der Waals surface area contributed by atoms with Crippen molar-refractivity contribution >= 4 is 11.8 Å². The Bertz CT molecular complexity index is 813. The number of benzene rings is 1. The molecule has 0 spiro atoms. The largest absolute Gasteiger partial charge is 0.507 e. The number of fused-ring (bicyclic) bond motifs is 3. The Labute approximate surface area is 165 Å². The Morgan fingerprint density at radius 3 is 2.43 bits per heavy atom. The Morgan fingerprint density at radius 2 is 1.82 bits per heavy atom. The van der Waals surface area contributed by atoms with E-state index >= 15 is 0 Å². The summed E-state index contributed by atoms with van der Waals surface area (Å²) in [5.74, 6) is -2.90. The summed E-state index contributed by atoms with van der Waals surface area (Å²) < 4.78 is 6.27. The summed E-state index contributed by atoms with van der Waals surface area (Å²) >= 11 is 0. The van der Waals surface area contributed by atoms with Gasteiger partial charge in [-0.15, -0.1) is 0 Å². The predicted octanol–water partition coefficient (Wildman–Crippen LogP) is 2.83. The minimum absolute atomic E-state index is 0.127. The monoisotopic (exact) mass is 387 g/mol. The topological polar surface area (TPSA) is 87.1 Å². The lowest BCUT2D eigenvalue weighted by molar-refractivity contribution is -0.270. The van der Waals surface area contributed by atoms with Crippen LogP contribution in [0.5, 0.6) is 5.75 Å². The Hall–Kier alpha value is -1.92. The number of imide groups is 1. The summed E-state index contributed by atoms with van der Waals surface area (Å²) in [6.07, 6.45) is 2.25. The highest BCUT2D eigenvalue weighted by atomic mass is 16.6. The number of aryl methyl sites for hydroxylation is 2. The van der Waals surface area contributed by atoms with Crippen molar-refractivity contribution < 1.29 is 24.5 Å². The van der Waals surface area contributed by atoms with Crippen molar-refractivity contribution in [1.82, 2.24) is 4.90 Å². The lowest BCUT2D eigenvalue weighted by Gasteiger charge is -2.44. The maximum atomic E-state index is 12.8. The van der Waals surface area contributed by atoms with E-state index in [2.05, 4.69) is 6.92 Å². The number of hydrogen-bond donors (Lipinski definition) is 2. The van der Waals surface area contributed by atoms with Crippen LogP contribution in [-0.2, 0) is 14.3 Å². The van der Waals surface area contributed by atoms with Gasteiger partial charge < -0.3 is 14.9 Å². The summed E-state index contributed by atoms with van der Waals surface area (Å²) in [4.78, 5) is 26.7. The van der Waals surface area contributed by atoms with Gasteiger partial charge in [0.1, 0.15) is 5.75 Å². The van der Waals surface area contributed by atoms with Gasteiger partial charge in [-0.25, -0.2) is 0 Å². The fraction of sp³-hybridized carbons (Fsp3) is 0.636. The molecular weight excluding hydrogens is 358 g/mol. The van der Waals surface area contributed by atoms with E-state index in [0.717, 1.165) is 29.5 Å². The number of nitrogens with zero attached hydrogens (tertiary/aromatic N) is 1. The van der Waals surface area contributed by atoms with Gasteiger partial charge in [0.15, 0.2) is 5.79 Å². The standard InChI is InChI=1S/C22H29NO5/c1-5-6-14-9-15-18(21(26)23(4)20(15)25)16-10-17(28-22(14,16)27)13-7-11(2)19(24)12(3)8-13/h7-8,14-18,24,27H,5-6,9-10H2,1-4H3/t14-,15-,16-,17-,18-,22+/m0/s1. The molecule has 28 heavy (non-hydrogen) atoms. The quantitative estimate of drug-likeness (QED) is 0.779. The highest BCUT2D eigenvalue weighted by molar-refractivity contribution is 6.05. The molecule has 1 aromatic rings. The van der Waals surface area contributed by atoms with E-state index in [1.807, 2.05) is 26.0 Å². The fourth-order valence-corrected chi connectivity index (χ4v) is 5.70. The van der Waals surface area contributed by atoms with Crippen LogP contribution >= 0.6 is 0 Å². The molecule has 1 aromatic carbocycles. The summed E-state index contributed by atoms with van der Waals surface area (Å²) in [5.41, 5.74) is 2.41. The number of ether oxygens (including phenoxy) is 1. The van der Waals surface area contributed by atoms with Gasteiger partial charge in [-0.1, -0.05) is 13.3 Å². The number of aliphatic hydroxyl groups is 1. The molecule has 0 radical (unpaired) electrons. The molecule has 6 nitrogen and oxygen atoms in total. The van der Waals surface area contributed by atoms with Gasteiger partial charge in [0, 0.05) is 18.9 Å². The number of likely N-dealkylation sites (tertiary alicyclic amines) is 1. The third-order valence-electron chi connectivity index (χ3n) is 7.11. The number of aromatic hydroxyl groups is 1. The molecule has 1 saturated carbocycles. The van der Waals surface area contributed by atoms with Crippen molar-refractivity contribution in [3.63, 3.8) is 0 Å². The number of rotatable bonds is 3. The van der Waals surface area contributed by atoms with Crippen molar-refractivity contribution in [2.45, 2.75) is 58.3 Å². The molecule has 2 heterocycles. The molecule has 3 aliphatic rings. The maximum absolute atomic E-state index is 12.8. The van der Waals surface area contributed by atoms with Crippen LogP contribution < -0.4 is 0 Å². The first kappa shape index (κ1) is 19.4. The first-order valence-electron chi connectivity index (χ1n) is 10.2.